The van der Waals surface area contributed by atoms with Crippen molar-refractivity contribution in [1.29, 1.82) is 0 Å². The number of rotatable bonds is 6. The van der Waals surface area contributed by atoms with E-state index in [1.165, 1.54) is 6.42 Å². The van der Waals surface area contributed by atoms with E-state index < -0.39 is 10.0 Å². The van der Waals surface area contributed by atoms with Crippen molar-refractivity contribution >= 4 is 16.0 Å². The number of guanidine groups is 1. The van der Waals surface area contributed by atoms with E-state index >= 15 is 0 Å². The van der Waals surface area contributed by atoms with Gasteiger partial charge in [0.1, 0.15) is 0 Å². The molecule has 1 aromatic carbocycles. The van der Waals surface area contributed by atoms with E-state index in [0.717, 1.165) is 37.3 Å². The van der Waals surface area contributed by atoms with Gasteiger partial charge in [-0.05, 0) is 49.8 Å². The smallest absolute Gasteiger partial charge is 0.243 e. The molecule has 2 aliphatic rings. The van der Waals surface area contributed by atoms with Crippen LogP contribution in [0.2, 0.25) is 0 Å². The minimum Gasteiger partial charge on any atom is -0.357 e. The maximum atomic E-state index is 12.8. The van der Waals surface area contributed by atoms with Crippen molar-refractivity contribution in [2.24, 2.45) is 10.9 Å². The Balaban J connectivity index is 1.70. The van der Waals surface area contributed by atoms with Gasteiger partial charge in [-0.15, -0.1) is 0 Å². The third-order valence-electron chi connectivity index (χ3n) is 5.05. The van der Waals surface area contributed by atoms with Gasteiger partial charge in [-0.1, -0.05) is 25.5 Å². The van der Waals surface area contributed by atoms with Crippen molar-refractivity contribution in [2.45, 2.75) is 57.0 Å². The van der Waals surface area contributed by atoms with E-state index in [9.17, 15) is 8.42 Å². The van der Waals surface area contributed by atoms with Crippen LogP contribution in [0.25, 0.3) is 0 Å². The first-order chi connectivity index (χ1) is 12.5. The molecule has 1 heterocycles. The third-order valence-corrected chi connectivity index (χ3v) is 6.94. The van der Waals surface area contributed by atoms with Gasteiger partial charge in [0, 0.05) is 25.7 Å². The molecule has 6 nitrogen and oxygen atoms in total. The lowest BCUT2D eigenvalue weighted by atomic mass is 10.2. The molecule has 1 aliphatic carbocycles. The van der Waals surface area contributed by atoms with Gasteiger partial charge >= 0.3 is 0 Å². The van der Waals surface area contributed by atoms with Gasteiger partial charge in [0.2, 0.25) is 10.0 Å². The van der Waals surface area contributed by atoms with Gasteiger partial charge < -0.3 is 10.6 Å². The highest BCUT2D eigenvalue weighted by molar-refractivity contribution is 7.89. The van der Waals surface area contributed by atoms with Crippen LogP contribution in [0.15, 0.2) is 34.2 Å². The van der Waals surface area contributed by atoms with Crippen LogP contribution in [0.5, 0.6) is 0 Å². The predicted octanol–water partition coefficient (Wildman–Crippen LogP) is 2.32. The molecular weight excluding hydrogens is 348 g/mol. The number of benzene rings is 1. The first kappa shape index (κ1) is 19.2. The van der Waals surface area contributed by atoms with Crippen LogP contribution in [0.4, 0.5) is 0 Å². The molecule has 3 rings (SSSR count). The van der Waals surface area contributed by atoms with E-state index in [4.69, 9.17) is 0 Å². The summed E-state index contributed by atoms with van der Waals surface area (Å²) < 4.78 is 27.3. The zero-order chi connectivity index (χ0) is 18.6. The Labute approximate surface area is 157 Å². The fourth-order valence-electron chi connectivity index (χ4n) is 3.25. The Morgan fingerprint density at radius 1 is 1.27 bits per heavy atom. The van der Waals surface area contributed by atoms with Crippen molar-refractivity contribution in [3.63, 3.8) is 0 Å². The molecular formula is C19H30N4O2S. The molecule has 1 aromatic rings. The fourth-order valence-corrected chi connectivity index (χ4v) is 4.84. The zero-order valence-electron chi connectivity index (χ0n) is 15.7. The van der Waals surface area contributed by atoms with Crippen LogP contribution in [0, 0.1) is 5.92 Å². The number of piperidine rings is 1. The standard InChI is InChI=1S/C19H30N4O2S/c1-3-20-19(22-18-12-15(18)2)21-14-16-8-7-9-17(13-16)26(24,25)23-10-5-4-6-11-23/h7-9,13,15,18H,3-6,10-12,14H2,1-2H3,(H2,20,21,22). The molecule has 144 valence electrons. The molecule has 2 atom stereocenters. The number of hydrogen-bond acceptors (Lipinski definition) is 3. The van der Waals surface area contributed by atoms with Crippen LogP contribution in [-0.2, 0) is 16.6 Å². The lowest BCUT2D eigenvalue weighted by Gasteiger charge is -2.26. The summed E-state index contributed by atoms with van der Waals surface area (Å²) in [4.78, 5) is 5.00. The first-order valence-corrected chi connectivity index (χ1v) is 11.1. The van der Waals surface area contributed by atoms with Gasteiger partial charge in [0.15, 0.2) is 5.96 Å². The number of aliphatic imine (C=N–C) groups is 1. The quantitative estimate of drug-likeness (QED) is 0.589. The Kier molecular flexibility index (Phi) is 6.19. The van der Waals surface area contributed by atoms with Crippen LogP contribution in [-0.4, -0.2) is 44.4 Å². The molecule has 26 heavy (non-hydrogen) atoms. The number of hydrogen-bond donors (Lipinski definition) is 2. The first-order valence-electron chi connectivity index (χ1n) is 9.64. The fraction of sp³-hybridized carbons (Fsp3) is 0.632. The summed E-state index contributed by atoms with van der Waals surface area (Å²) in [6.07, 6.45) is 4.18. The SMILES string of the molecule is CCNC(=NCc1cccc(S(=O)(=O)N2CCCCC2)c1)NC1CC1C. The maximum Gasteiger partial charge on any atom is 0.243 e. The second-order valence-corrected chi connectivity index (χ2v) is 9.21. The minimum absolute atomic E-state index is 0.376. The number of sulfonamides is 1. The second-order valence-electron chi connectivity index (χ2n) is 7.27. The molecule has 7 heteroatoms. The van der Waals surface area contributed by atoms with Crippen molar-refractivity contribution < 1.29 is 8.42 Å². The van der Waals surface area contributed by atoms with Crippen molar-refractivity contribution in [3.8, 4) is 0 Å². The summed E-state index contributed by atoms with van der Waals surface area (Å²) in [5, 5.41) is 6.67. The van der Waals surface area contributed by atoms with Crippen LogP contribution in [0.3, 0.4) is 0 Å². The summed E-state index contributed by atoms with van der Waals surface area (Å²) >= 11 is 0. The molecule has 2 unspecified atom stereocenters. The summed E-state index contributed by atoms with van der Waals surface area (Å²) in [5.41, 5.74) is 0.907. The van der Waals surface area contributed by atoms with E-state index in [0.29, 0.717) is 36.5 Å². The molecule has 0 bridgehead atoms. The van der Waals surface area contributed by atoms with Crippen molar-refractivity contribution in [1.82, 2.24) is 14.9 Å². The van der Waals surface area contributed by atoms with Crippen molar-refractivity contribution in [2.75, 3.05) is 19.6 Å². The van der Waals surface area contributed by atoms with Crippen molar-refractivity contribution in [3.05, 3.63) is 29.8 Å². The average Bonchev–Trinajstić information content (AvgIpc) is 3.35. The molecule has 2 fully saturated rings. The van der Waals surface area contributed by atoms with Gasteiger partial charge in [-0.2, -0.15) is 4.31 Å². The summed E-state index contributed by atoms with van der Waals surface area (Å²) in [6.45, 7) is 6.77. The highest BCUT2D eigenvalue weighted by atomic mass is 32.2. The molecule has 0 spiro atoms. The van der Waals surface area contributed by atoms with E-state index in [1.54, 1.807) is 16.4 Å². The molecule has 1 saturated carbocycles. The summed E-state index contributed by atoms with van der Waals surface area (Å²) in [6, 6.07) is 7.69. The Hall–Kier alpha value is -1.60. The average molecular weight is 379 g/mol. The summed E-state index contributed by atoms with van der Waals surface area (Å²) in [5.74, 6) is 1.49. The second kappa shape index (κ2) is 8.39. The largest absolute Gasteiger partial charge is 0.357 e. The van der Waals surface area contributed by atoms with Gasteiger partial charge in [0.05, 0.1) is 11.4 Å². The van der Waals surface area contributed by atoms with Gasteiger partial charge in [-0.3, -0.25) is 0 Å². The molecule has 0 radical (unpaired) electrons. The molecule has 1 aliphatic heterocycles. The van der Waals surface area contributed by atoms with E-state index in [-0.39, 0.29) is 0 Å². The number of nitrogens with one attached hydrogen (secondary N) is 2. The minimum atomic E-state index is -3.40. The van der Waals surface area contributed by atoms with E-state index in [1.807, 2.05) is 19.1 Å². The third kappa shape index (κ3) is 4.76. The predicted molar refractivity (Wildman–Crippen MR) is 105 cm³/mol. The Bertz CT molecular complexity index is 742. The van der Waals surface area contributed by atoms with Gasteiger partial charge in [-0.25, -0.2) is 13.4 Å². The van der Waals surface area contributed by atoms with Crippen LogP contribution < -0.4 is 10.6 Å². The highest BCUT2D eigenvalue weighted by Gasteiger charge is 2.33. The molecule has 1 saturated heterocycles. The molecule has 0 aromatic heterocycles. The monoisotopic (exact) mass is 378 g/mol. The van der Waals surface area contributed by atoms with Gasteiger partial charge in [0.25, 0.3) is 0 Å². The Morgan fingerprint density at radius 2 is 2.00 bits per heavy atom. The zero-order valence-corrected chi connectivity index (χ0v) is 16.6. The molecule has 2 N–H and O–H groups in total. The summed E-state index contributed by atoms with van der Waals surface area (Å²) in [7, 11) is -3.40. The molecule has 0 amide bonds. The maximum absolute atomic E-state index is 12.8. The normalized spacial score (nSPS) is 24.3. The van der Waals surface area contributed by atoms with Crippen LogP contribution in [0.1, 0.15) is 45.1 Å². The topological polar surface area (TPSA) is 73.8 Å². The highest BCUT2D eigenvalue weighted by Crippen LogP contribution is 2.28. The lowest BCUT2D eigenvalue weighted by molar-refractivity contribution is 0.346. The lowest BCUT2D eigenvalue weighted by Crippen LogP contribution is -2.39. The van der Waals surface area contributed by atoms with E-state index in [2.05, 4.69) is 22.5 Å². The Morgan fingerprint density at radius 3 is 2.65 bits per heavy atom. The van der Waals surface area contributed by atoms with Crippen LogP contribution >= 0.6 is 0 Å². The number of nitrogens with zero attached hydrogens (tertiary/aromatic N) is 2.